The smallest absolute Gasteiger partial charge is 0.378 e. The normalized spacial score (nSPS) is 10.6. The molecule has 94 valence electrons. The number of rotatable bonds is 2. The van der Waals surface area contributed by atoms with E-state index in [1.807, 2.05) is 12.1 Å². The minimum atomic E-state index is -0.595. The van der Waals surface area contributed by atoms with E-state index in [0.717, 1.165) is 11.3 Å². The highest BCUT2D eigenvalue weighted by molar-refractivity contribution is 5.85. The van der Waals surface area contributed by atoms with Gasteiger partial charge >= 0.3 is 5.97 Å². The second-order valence-electron chi connectivity index (χ2n) is 3.71. The molecule has 0 N–H and O–H groups in total. The molecule has 0 atom stereocenters. The Balaban J connectivity index is 2.21. The zero-order chi connectivity index (χ0) is 13.2. The molecule has 0 saturated carbocycles. The molecule has 0 aromatic carbocycles. The summed E-state index contributed by atoms with van der Waals surface area (Å²) in [5, 5.41) is 4.10. The Hall–Kier alpha value is -2.83. The predicted molar refractivity (Wildman–Crippen MR) is 65.4 cm³/mol. The summed E-state index contributed by atoms with van der Waals surface area (Å²) < 4.78 is 6.08. The van der Waals surface area contributed by atoms with Crippen molar-refractivity contribution in [1.29, 1.82) is 0 Å². The van der Waals surface area contributed by atoms with Crippen LogP contribution in [0, 0.1) is 0 Å². The SMILES string of the molecule is COC(=O)c1nc2nccc(-c3cccnc3)n2n1. The molecule has 0 aliphatic heterocycles. The van der Waals surface area contributed by atoms with Gasteiger partial charge in [-0.05, 0) is 18.2 Å². The molecule has 0 aliphatic carbocycles. The molecule has 7 nitrogen and oxygen atoms in total. The summed E-state index contributed by atoms with van der Waals surface area (Å²) in [6, 6.07) is 5.49. The van der Waals surface area contributed by atoms with Gasteiger partial charge in [-0.2, -0.15) is 9.50 Å². The average molecular weight is 255 g/mol. The van der Waals surface area contributed by atoms with Crippen LogP contribution >= 0.6 is 0 Å². The first-order valence-corrected chi connectivity index (χ1v) is 5.50. The third kappa shape index (κ3) is 1.90. The van der Waals surface area contributed by atoms with Crippen LogP contribution < -0.4 is 0 Å². The van der Waals surface area contributed by atoms with Crippen LogP contribution in [0.15, 0.2) is 36.8 Å². The molecule has 3 heterocycles. The molecule has 0 bridgehead atoms. The zero-order valence-corrected chi connectivity index (χ0v) is 10.0. The van der Waals surface area contributed by atoms with Crippen molar-refractivity contribution in [2.24, 2.45) is 0 Å². The van der Waals surface area contributed by atoms with Gasteiger partial charge in [0.2, 0.25) is 0 Å². The first-order valence-electron chi connectivity index (χ1n) is 5.50. The molecule has 19 heavy (non-hydrogen) atoms. The van der Waals surface area contributed by atoms with Gasteiger partial charge in [0.25, 0.3) is 11.6 Å². The first kappa shape index (κ1) is 11.3. The highest BCUT2D eigenvalue weighted by atomic mass is 16.5. The highest BCUT2D eigenvalue weighted by Gasteiger charge is 2.15. The van der Waals surface area contributed by atoms with Gasteiger partial charge in [0.15, 0.2) is 0 Å². The summed E-state index contributed by atoms with van der Waals surface area (Å²) >= 11 is 0. The Morgan fingerprint density at radius 3 is 2.95 bits per heavy atom. The number of nitrogens with zero attached hydrogens (tertiary/aromatic N) is 5. The monoisotopic (exact) mass is 255 g/mol. The third-order valence-electron chi connectivity index (χ3n) is 2.57. The van der Waals surface area contributed by atoms with E-state index in [4.69, 9.17) is 0 Å². The Labute approximate surface area is 107 Å². The lowest BCUT2D eigenvalue weighted by molar-refractivity contribution is 0.0587. The van der Waals surface area contributed by atoms with Gasteiger partial charge in [-0.15, -0.1) is 5.10 Å². The molecule has 3 aromatic heterocycles. The van der Waals surface area contributed by atoms with Crippen molar-refractivity contribution >= 4 is 11.7 Å². The van der Waals surface area contributed by atoms with Gasteiger partial charge < -0.3 is 4.74 Å². The van der Waals surface area contributed by atoms with E-state index in [0.29, 0.717) is 5.78 Å². The van der Waals surface area contributed by atoms with E-state index in [2.05, 4.69) is 24.8 Å². The molecule has 3 rings (SSSR count). The van der Waals surface area contributed by atoms with Gasteiger partial charge in [0, 0.05) is 24.2 Å². The van der Waals surface area contributed by atoms with E-state index < -0.39 is 5.97 Å². The Morgan fingerprint density at radius 1 is 1.32 bits per heavy atom. The zero-order valence-electron chi connectivity index (χ0n) is 10.0. The number of hydrogen-bond acceptors (Lipinski definition) is 6. The molecule has 0 aliphatic rings. The molecule has 3 aromatic rings. The van der Waals surface area contributed by atoms with Gasteiger partial charge in [0.1, 0.15) is 0 Å². The maximum absolute atomic E-state index is 11.4. The highest BCUT2D eigenvalue weighted by Crippen LogP contribution is 2.17. The van der Waals surface area contributed by atoms with Crippen molar-refractivity contribution in [3.63, 3.8) is 0 Å². The molecule has 0 fully saturated rings. The molecule has 7 heteroatoms. The molecular formula is C12H9N5O2. The topological polar surface area (TPSA) is 82.3 Å². The number of ether oxygens (including phenoxy) is 1. The second kappa shape index (κ2) is 4.45. The maximum Gasteiger partial charge on any atom is 0.378 e. The quantitative estimate of drug-likeness (QED) is 0.635. The fourth-order valence-electron chi connectivity index (χ4n) is 1.70. The van der Waals surface area contributed by atoms with Crippen LogP contribution in [0.25, 0.3) is 17.0 Å². The molecule has 0 spiro atoms. The second-order valence-corrected chi connectivity index (χ2v) is 3.71. The number of methoxy groups -OCH3 is 1. The summed E-state index contributed by atoms with van der Waals surface area (Å²) in [6.45, 7) is 0. The number of pyridine rings is 1. The van der Waals surface area contributed by atoms with E-state index in [9.17, 15) is 4.79 Å². The lowest BCUT2D eigenvalue weighted by atomic mass is 10.2. The largest absolute Gasteiger partial charge is 0.463 e. The van der Waals surface area contributed by atoms with Crippen molar-refractivity contribution in [3.8, 4) is 11.3 Å². The Morgan fingerprint density at radius 2 is 2.21 bits per heavy atom. The van der Waals surface area contributed by atoms with Crippen molar-refractivity contribution in [2.75, 3.05) is 7.11 Å². The van der Waals surface area contributed by atoms with Crippen molar-refractivity contribution in [1.82, 2.24) is 24.6 Å². The van der Waals surface area contributed by atoms with Crippen LogP contribution in [0.1, 0.15) is 10.6 Å². The van der Waals surface area contributed by atoms with Crippen molar-refractivity contribution in [2.45, 2.75) is 0 Å². The maximum atomic E-state index is 11.4. The van der Waals surface area contributed by atoms with Crippen molar-refractivity contribution in [3.05, 3.63) is 42.6 Å². The summed E-state index contributed by atoms with van der Waals surface area (Å²) in [6.07, 6.45) is 4.99. The minimum Gasteiger partial charge on any atom is -0.463 e. The lowest BCUT2D eigenvalue weighted by Gasteiger charge is -2.01. The molecular weight excluding hydrogens is 246 g/mol. The van der Waals surface area contributed by atoms with E-state index in [-0.39, 0.29) is 5.82 Å². The van der Waals surface area contributed by atoms with Crippen LogP contribution in [-0.4, -0.2) is 37.6 Å². The minimum absolute atomic E-state index is 0.0219. The van der Waals surface area contributed by atoms with E-state index in [1.54, 1.807) is 24.7 Å². The van der Waals surface area contributed by atoms with Crippen LogP contribution in [0.5, 0.6) is 0 Å². The van der Waals surface area contributed by atoms with Gasteiger partial charge in [0.05, 0.1) is 12.8 Å². The van der Waals surface area contributed by atoms with E-state index >= 15 is 0 Å². The van der Waals surface area contributed by atoms with Crippen LogP contribution in [-0.2, 0) is 4.74 Å². The van der Waals surface area contributed by atoms with Gasteiger partial charge in [-0.3, -0.25) is 4.98 Å². The number of carbonyl (C=O) groups is 1. The lowest BCUT2D eigenvalue weighted by Crippen LogP contribution is -2.04. The van der Waals surface area contributed by atoms with Crippen LogP contribution in [0.4, 0.5) is 0 Å². The number of fused-ring (bicyclic) bond motifs is 1. The van der Waals surface area contributed by atoms with E-state index in [1.165, 1.54) is 11.6 Å². The van der Waals surface area contributed by atoms with Crippen LogP contribution in [0.2, 0.25) is 0 Å². The number of carbonyl (C=O) groups excluding carboxylic acids is 1. The fourth-order valence-corrected chi connectivity index (χ4v) is 1.70. The summed E-state index contributed by atoms with van der Waals surface area (Å²) in [4.78, 5) is 23.6. The van der Waals surface area contributed by atoms with Crippen molar-refractivity contribution < 1.29 is 9.53 Å². The molecule has 0 unspecified atom stereocenters. The summed E-state index contributed by atoms with van der Waals surface area (Å²) in [7, 11) is 1.28. The summed E-state index contributed by atoms with van der Waals surface area (Å²) in [5.74, 6) is -0.282. The molecule has 0 amide bonds. The van der Waals surface area contributed by atoms with Gasteiger partial charge in [-0.1, -0.05) is 0 Å². The van der Waals surface area contributed by atoms with Crippen LogP contribution in [0.3, 0.4) is 0 Å². The molecule has 0 saturated heterocycles. The number of aromatic nitrogens is 5. The Kier molecular flexibility index (Phi) is 2.64. The summed E-state index contributed by atoms with van der Waals surface area (Å²) in [5.41, 5.74) is 1.61. The number of hydrogen-bond donors (Lipinski definition) is 0. The molecule has 0 radical (unpaired) electrons. The predicted octanol–water partition coefficient (Wildman–Crippen LogP) is 0.973. The Bertz CT molecular complexity index is 738. The van der Waals surface area contributed by atoms with Gasteiger partial charge in [-0.25, -0.2) is 9.78 Å². The standard InChI is InChI=1S/C12H9N5O2/c1-19-11(18)10-15-12-14-6-4-9(17(12)16-10)8-3-2-5-13-7-8/h2-7H,1H3. The fraction of sp³-hybridized carbons (Fsp3) is 0.0833. The first-order chi connectivity index (χ1) is 9.29. The third-order valence-corrected chi connectivity index (χ3v) is 2.57. The average Bonchev–Trinajstić information content (AvgIpc) is 2.91. The number of esters is 1.